The SMILES string of the molecule is CC(=O)c1cccc(NC(=O)[C@H](C)OC(=O)Cc2coc3cc(O)ccc23)c1. The van der Waals surface area contributed by atoms with Crippen LogP contribution in [0.2, 0.25) is 0 Å². The minimum absolute atomic E-state index is 0.0649. The fraction of sp³-hybridized carbons (Fsp3) is 0.190. The van der Waals surface area contributed by atoms with Crippen LogP contribution in [0.3, 0.4) is 0 Å². The van der Waals surface area contributed by atoms with E-state index in [1.54, 1.807) is 30.3 Å². The normalized spacial score (nSPS) is 11.8. The Morgan fingerprint density at radius 2 is 1.96 bits per heavy atom. The van der Waals surface area contributed by atoms with Gasteiger partial charge in [-0.2, -0.15) is 0 Å². The molecule has 2 aromatic carbocycles. The third-order valence-corrected chi connectivity index (χ3v) is 4.19. The second kappa shape index (κ2) is 7.96. The molecule has 7 nitrogen and oxygen atoms in total. The molecular formula is C21H19NO6. The number of nitrogens with one attached hydrogen (secondary N) is 1. The molecule has 3 aromatic rings. The van der Waals surface area contributed by atoms with Crippen LogP contribution in [0.5, 0.6) is 5.75 Å². The Morgan fingerprint density at radius 1 is 1.18 bits per heavy atom. The molecule has 7 heteroatoms. The molecule has 1 atom stereocenters. The molecule has 0 radical (unpaired) electrons. The van der Waals surface area contributed by atoms with E-state index in [4.69, 9.17) is 9.15 Å². The van der Waals surface area contributed by atoms with Gasteiger partial charge in [-0.1, -0.05) is 12.1 Å². The zero-order valence-corrected chi connectivity index (χ0v) is 15.4. The maximum Gasteiger partial charge on any atom is 0.311 e. The first-order valence-corrected chi connectivity index (χ1v) is 8.64. The highest BCUT2D eigenvalue weighted by molar-refractivity contribution is 5.98. The number of benzene rings is 2. The summed E-state index contributed by atoms with van der Waals surface area (Å²) in [4.78, 5) is 35.9. The summed E-state index contributed by atoms with van der Waals surface area (Å²) >= 11 is 0. The molecule has 1 aromatic heterocycles. The van der Waals surface area contributed by atoms with E-state index < -0.39 is 18.0 Å². The Hall–Kier alpha value is -3.61. The van der Waals surface area contributed by atoms with Gasteiger partial charge in [0.2, 0.25) is 0 Å². The molecule has 0 aliphatic rings. The van der Waals surface area contributed by atoms with Crippen molar-refractivity contribution in [1.29, 1.82) is 0 Å². The van der Waals surface area contributed by atoms with Crippen molar-refractivity contribution in [2.45, 2.75) is 26.4 Å². The standard InChI is InChI=1S/C21H19NO6/c1-12(23)14-4-3-5-16(8-14)22-21(26)13(2)28-20(25)9-15-11-27-19-10-17(24)6-7-18(15)19/h3-8,10-11,13,24H,9H2,1-2H3,(H,22,26)/t13-/m0/s1. The van der Waals surface area contributed by atoms with Crippen LogP contribution in [0.25, 0.3) is 11.0 Å². The van der Waals surface area contributed by atoms with E-state index in [0.29, 0.717) is 27.8 Å². The van der Waals surface area contributed by atoms with Gasteiger partial charge in [-0.3, -0.25) is 14.4 Å². The Labute approximate surface area is 160 Å². The lowest BCUT2D eigenvalue weighted by Gasteiger charge is -2.13. The summed E-state index contributed by atoms with van der Waals surface area (Å²) in [6, 6.07) is 11.1. The molecule has 1 amide bonds. The molecule has 0 saturated heterocycles. The number of phenols is 1. The Kier molecular flexibility index (Phi) is 5.44. The Morgan fingerprint density at radius 3 is 2.71 bits per heavy atom. The minimum atomic E-state index is -1.02. The van der Waals surface area contributed by atoms with Gasteiger partial charge in [-0.25, -0.2) is 0 Å². The summed E-state index contributed by atoms with van der Waals surface area (Å²) in [6.07, 6.45) is 0.328. The van der Waals surface area contributed by atoms with Crippen molar-refractivity contribution >= 4 is 34.3 Å². The van der Waals surface area contributed by atoms with Gasteiger partial charge in [0.25, 0.3) is 5.91 Å². The first kappa shape index (κ1) is 19.2. The first-order chi connectivity index (χ1) is 13.3. The average molecular weight is 381 g/mol. The predicted octanol–water partition coefficient (Wildman–Crippen LogP) is 3.45. The molecule has 1 heterocycles. The molecule has 0 fully saturated rings. The topological polar surface area (TPSA) is 106 Å². The number of carbonyl (C=O) groups excluding carboxylic acids is 3. The van der Waals surface area contributed by atoms with Gasteiger partial charge >= 0.3 is 5.97 Å². The summed E-state index contributed by atoms with van der Waals surface area (Å²) in [5, 5.41) is 12.8. The highest BCUT2D eigenvalue weighted by atomic mass is 16.5. The van der Waals surface area contributed by atoms with Crippen molar-refractivity contribution in [2.75, 3.05) is 5.32 Å². The van der Waals surface area contributed by atoms with E-state index in [0.717, 1.165) is 0 Å². The van der Waals surface area contributed by atoms with Gasteiger partial charge in [-0.15, -0.1) is 0 Å². The number of anilines is 1. The molecule has 2 N–H and O–H groups in total. The maximum atomic E-state index is 12.3. The van der Waals surface area contributed by atoms with Crippen LogP contribution < -0.4 is 5.32 Å². The number of fused-ring (bicyclic) bond motifs is 1. The second-order valence-electron chi connectivity index (χ2n) is 6.38. The summed E-state index contributed by atoms with van der Waals surface area (Å²) in [7, 11) is 0. The van der Waals surface area contributed by atoms with Crippen LogP contribution in [0.15, 0.2) is 53.1 Å². The number of esters is 1. The number of phenolic OH excluding ortho intramolecular Hbond substituents is 1. The minimum Gasteiger partial charge on any atom is -0.508 e. The fourth-order valence-electron chi connectivity index (χ4n) is 2.72. The maximum absolute atomic E-state index is 12.3. The van der Waals surface area contributed by atoms with Crippen molar-refractivity contribution in [1.82, 2.24) is 0 Å². The summed E-state index contributed by atoms with van der Waals surface area (Å²) in [5.41, 5.74) is 1.97. The van der Waals surface area contributed by atoms with E-state index in [1.807, 2.05) is 0 Å². The largest absolute Gasteiger partial charge is 0.508 e. The molecule has 0 aliphatic heterocycles. The lowest BCUT2D eigenvalue weighted by Crippen LogP contribution is -2.30. The summed E-state index contributed by atoms with van der Waals surface area (Å²) in [5.74, 6) is -1.14. The van der Waals surface area contributed by atoms with Crippen LogP contribution in [0.4, 0.5) is 5.69 Å². The number of Topliss-reactive ketones (excluding diaryl/α,β-unsaturated/α-hetero) is 1. The van der Waals surface area contributed by atoms with Gasteiger partial charge in [0.15, 0.2) is 11.9 Å². The molecule has 144 valence electrons. The van der Waals surface area contributed by atoms with Crippen molar-refractivity contribution in [3.8, 4) is 5.75 Å². The molecule has 0 aliphatic carbocycles. The quantitative estimate of drug-likeness (QED) is 0.500. The van der Waals surface area contributed by atoms with Crippen molar-refractivity contribution in [3.63, 3.8) is 0 Å². The zero-order valence-electron chi connectivity index (χ0n) is 15.4. The van der Waals surface area contributed by atoms with Crippen molar-refractivity contribution in [2.24, 2.45) is 0 Å². The van der Waals surface area contributed by atoms with Crippen LogP contribution in [0, 0.1) is 0 Å². The van der Waals surface area contributed by atoms with Gasteiger partial charge in [-0.05, 0) is 38.1 Å². The Bertz CT molecular complexity index is 1050. The second-order valence-corrected chi connectivity index (χ2v) is 6.38. The van der Waals surface area contributed by atoms with E-state index in [-0.39, 0.29) is 18.0 Å². The van der Waals surface area contributed by atoms with Gasteiger partial charge in [0.05, 0.1) is 12.7 Å². The van der Waals surface area contributed by atoms with Crippen LogP contribution >= 0.6 is 0 Å². The Balaban J connectivity index is 1.61. The van der Waals surface area contributed by atoms with Gasteiger partial charge < -0.3 is 19.6 Å². The van der Waals surface area contributed by atoms with E-state index >= 15 is 0 Å². The van der Waals surface area contributed by atoms with Crippen molar-refractivity contribution < 1.29 is 28.6 Å². The average Bonchev–Trinajstić information content (AvgIpc) is 3.03. The molecule has 0 unspecified atom stereocenters. The summed E-state index contributed by atoms with van der Waals surface area (Å²) in [6.45, 7) is 2.90. The summed E-state index contributed by atoms with van der Waals surface area (Å²) < 4.78 is 10.5. The smallest absolute Gasteiger partial charge is 0.311 e. The molecular weight excluding hydrogens is 362 g/mol. The molecule has 3 rings (SSSR count). The van der Waals surface area contributed by atoms with Gasteiger partial charge in [0.1, 0.15) is 11.3 Å². The lowest BCUT2D eigenvalue weighted by atomic mass is 10.1. The number of carbonyl (C=O) groups is 3. The number of ether oxygens (including phenoxy) is 1. The van der Waals surface area contributed by atoms with Crippen LogP contribution in [0.1, 0.15) is 29.8 Å². The number of rotatable bonds is 6. The zero-order chi connectivity index (χ0) is 20.3. The lowest BCUT2D eigenvalue weighted by molar-refractivity contribution is -0.152. The van der Waals surface area contributed by atoms with Gasteiger partial charge in [0, 0.05) is 28.3 Å². The number of amides is 1. The third-order valence-electron chi connectivity index (χ3n) is 4.19. The molecule has 0 spiro atoms. The number of ketones is 1. The van der Waals surface area contributed by atoms with E-state index in [1.165, 1.54) is 32.2 Å². The van der Waals surface area contributed by atoms with Crippen molar-refractivity contribution in [3.05, 3.63) is 59.9 Å². The molecule has 0 saturated carbocycles. The number of furan rings is 1. The first-order valence-electron chi connectivity index (χ1n) is 8.64. The van der Waals surface area contributed by atoms with Crippen LogP contribution in [-0.2, 0) is 20.7 Å². The number of hydrogen-bond acceptors (Lipinski definition) is 6. The predicted molar refractivity (Wildman–Crippen MR) is 102 cm³/mol. The number of hydrogen-bond donors (Lipinski definition) is 2. The monoisotopic (exact) mass is 381 g/mol. The highest BCUT2D eigenvalue weighted by Gasteiger charge is 2.20. The fourth-order valence-corrected chi connectivity index (χ4v) is 2.72. The van der Waals surface area contributed by atoms with E-state index in [2.05, 4.69) is 5.32 Å². The molecule has 28 heavy (non-hydrogen) atoms. The van der Waals surface area contributed by atoms with Crippen LogP contribution in [-0.4, -0.2) is 28.9 Å². The highest BCUT2D eigenvalue weighted by Crippen LogP contribution is 2.25. The molecule has 0 bridgehead atoms. The van der Waals surface area contributed by atoms with E-state index in [9.17, 15) is 19.5 Å². The third kappa shape index (κ3) is 4.37. The number of aromatic hydroxyl groups is 1.